The summed E-state index contributed by atoms with van der Waals surface area (Å²) in [5.74, 6) is -0.286. The summed E-state index contributed by atoms with van der Waals surface area (Å²) in [6, 6.07) is 23.4. The number of aliphatic hydroxyl groups excluding tert-OH is 3. The summed E-state index contributed by atoms with van der Waals surface area (Å²) in [7, 11) is 0. The molecule has 5 rings (SSSR count). The van der Waals surface area contributed by atoms with Gasteiger partial charge in [0.05, 0.1) is 44.1 Å². The summed E-state index contributed by atoms with van der Waals surface area (Å²) in [6.45, 7) is 7.42. The Morgan fingerprint density at radius 1 is 0.960 bits per heavy atom. The molecule has 1 fully saturated rings. The zero-order valence-corrected chi connectivity index (χ0v) is 29.0. The van der Waals surface area contributed by atoms with E-state index in [2.05, 4.69) is 15.5 Å². The second-order valence-electron chi connectivity index (χ2n) is 13.9. The van der Waals surface area contributed by atoms with Crippen LogP contribution in [0.25, 0.3) is 0 Å². The molecule has 3 aromatic rings. The fraction of sp³-hybridized carbons (Fsp3) is 0.487. The van der Waals surface area contributed by atoms with Crippen LogP contribution in [0.3, 0.4) is 0 Å². The molecule has 270 valence electrons. The van der Waals surface area contributed by atoms with Gasteiger partial charge in [0.2, 0.25) is 5.91 Å². The maximum Gasteiger partial charge on any atom is 0.408 e. The van der Waals surface area contributed by atoms with E-state index in [0.717, 1.165) is 60.9 Å². The van der Waals surface area contributed by atoms with Crippen molar-refractivity contribution in [3.63, 3.8) is 0 Å². The first kappa shape index (κ1) is 37.3. The zero-order valence-electron chi connectivity index (χ0n) is 29.0. The molecule has 2 aliphatic rings. The van der Waals surface area contributed by atoms with Crippen LogP contribution in [0, 0.1) is 5.92 Å². The third-order valence-electron chi connectivity index (χ3n) is 9.40. The molecule has 1 saturated heterocycles. The minimum atomic E-state index is -1.14. The molecule has 0 unspecified atom stereocenters. The highest BCUT2D eigenvalue weighted by atomic mass is 16.6. The standard InChI is InChI=1S/C39H51N3O8/c1-39(2,26-43)50-38(47)40-33(23-27-8-4-3-5-9-27)34(44)25-30(37(46)41-36-32-11-7-6-10-29(32)24-35(36)45)22-28-12-14-31(15-13-28)49-21-18-42-16-19-48-20-17-42/h3-15,30,33-36,43-45H,16-26H2,1-2H3,(H,40,47)(H,41,46)/t30-,33+,34+,35-,36+/m1/s1. The van der Waals surface area contributed by atoms with E-state index in [9.17, 15) is 24.9 Å². The van der Waals surface area contributed by atoms with E-state index < -0.39 is 41.9 Å². The van der Waals surface area contributed by atoms with Gasteiger partial charge in [-0.05, 0) is 67.5 Å². The number of aliphatic hydroxyl groups is 3. The van der Waals surface area contributed by atoms with Gasteiger partial charge < -0.3 is 40.2 Å². The van der Waals surface area contributed by atoms with Crippen molar-refractivity contribution >= 4 is 12.0 Å². The van der Waals surface area contributed by atoms with Gasteiger partial charge in [-0.2, -0.15) is 0 Å². The van der Waals surface area contributed by atoms with Gasteiger partial charge >= 0.3 is 6.09 Å². The molecule has 11 heteroatoms. The first-order chi connectivity index (χ1) is 24.1. The second-order valence-corrected chi connectivity index (χ2v) is 13.9. The Balaban J connectivity index is 1.31. The first-order valence-corrected chi connectivity index (χ1v) is 17.5. The Kier molecular flexibility index (Phi) is 13.2. The van der Waals surface area contributed by atoms with Gasteiger partial charge in [0.15, 0.2) is 0 Å². The lowest BCUT2D eigenvalue weighted by Gasteiger charge is -2.30. The monoisotopic (exact) mass is 689 g/mol. The van der Waals surface area contributed by atoms with E-state index in [-0.39, 0.29) is 25.4 Å². The van der Waals surface area contributed by atoms with Crippen molar-refractivity contribution in [1.29, 1.82) is 0 Å². The molecule has 1 aliphatic heterocycles. The number of nitrogens with zero attached hydrogens (tertiary/aromatic N) is 1. The van der Waals surface area contributed by atoms with E-state index in [1.807, 2.05) is 78.9 Å². The molecule has 5 N–H and O–H groups in total. The van der Waals surface area contributed by atoms with Crippen molar-refractivity contribution in [2.45, 2.75) is 69.4 Å². The lowest BCUT2D eigenvalue weighted by molar-refractivity contribution is -0.127. The molecule has 0 spiro atoms. The Morgan fingerprint density at radius 2 is 1.64 bits per heavy atom. The third kappa shape index (κ3) is 10.7. The van der Waals surface area contributed by atoms with Crippen LogP contribution in [0.4, 0.5) is 4.79 Å². The van der Waals surface area contributed by atoms with Crippen LogP contribution in [-0.4, -0.2) is 102 Å². The van der Waals surface area contributed by atoms with Gasteiger partial charge in [-0.3, -0.25) is 9.69 Å². The van der Waals surface area contributed by atoms with Crippen LogP contribution in [0.15, 0.2) is 78.9 Å². The van der Waals surface area contributed by atoms with Crippen LogP contribution >= 0.6 is 0 Å². The van der Waals surface area contributed by atoms with Crippen LogP contribution in [0.2, 0.25) is 0 Å². The van der Waals surface area contributed by atoms with E-state index >= 15 is 0 Å². The summed E-state index contributed by atoms with van der Waals surface area (Å²) in [6.07, 6.45) is -1.63. The number of carbonyl (C=O) groups excluding carboxylic acids is 2. The van der Waals surface area contributed by atoms with E-state index in [1.165, 1.54) is 0 Å². The fourth-order valence-corrected chi connectivity index (χ4v) is 6.50. The number of nitrogens with one attached hydrogen (secondary N) is 2. The highest BCUT2D eigenvalue weighted by Crippen LogP contribution is 2.32. The van der Waals surface area contributed by atoms with Gasteiger partial charge in [0.1, 0.15) is 18.0 Å². The third-order valence-corrected chi connectivity index (χ3v) is 9.40. The van der Waals surface area contributed by atoms with Crippen molar-refractivity contribution in [3.05, 3.63) is 101 Å². The van der Waals surface area contributed by atoms with Crippen LogP contribution in [0.5, 0.6) is 5.75 Å². The number of fused-ring (bicyclic) bond motifs is 1. The molecule has 50 heavy (non-hydrogen) atoms. The largest absolute Gasteiger partial charge is 0.492 e. The van der Waals surface area contributed by atoms with Crippen molar-refractivity contribution < 1.29 is 39.1 Å². The molecule has 1 aliphatic carbocycles. The SMILES string of the molecule is CC(C)(CO)OC(=O)N[C@@H](Cc1ccccc1)[C@@H](O)C[C@@H](Cc1ccc(OCCN2CCOCC2)cc1)C(=O)N[C@H]1c2ccccc2C[C@H]1O. The topological polar surface area (TPSA) is 150 Å². The summed E-state index contributed by atoms with van der Waals surface area (Å²) >= 11 is 0. The normalized spacial score (nSPS) is 19.5. The molecule has 0 saturated carbocycles. The Labute approximate surface area is 294 Å². The maximum atomic E-state index is 14.1. The number of ether oxygens (including phenoxy) is 3. The summed E-state index contributed by atoms with van der Waals surface area (Å²) in [4.78, 5) is 29.3. The zero-order chi connectivity index (χ0) is 35.5. The molecule has 0 aromatic heterocycles. The van der Waals surface area contributed by atoms with Gasteiger partial charge in [-0.15, -0.1) is 0 Å². The van der Waals surface area contributed by atoms with Crippen molar-refractivity contribution in [3.8, 4) is 5.75 Å². The Morgan fingerprint density at radius 3 is 2.36 bits per heavy atom. The maximum absolute atomic E-state index is 14.1. The molecule has 5 atom stereocenters. The molecule has 0 bridgehead atoms. The number of hydrogen-bond donors (Lipinski definition) is 5. The quantitative estimate of drug-likeness (QED) is 0.153. The van der Waals surface area contributed by atoms with Crippen molar-refractivity contribution in [2.24, 2.45) is 5.92 Å². The van der Waals surface area contributed by atoms with Crippen molar-refractivity contribution in [1.82, 2.24) is 15.5 Å². The lowest BCUT2D eigenvalue weighted by atomic mass is 9.88. The van der Waals surface area contributed by atoms with Gasteiger partial charge in [-0.25, -0.2) is 4.79 Å². The number of morpholine rings is 1. The second kappa shape index (κ2) is 17.8. The summed E-state index contributed by atoms with van der Waals surface area (Å²) in [5, 5.41) is 38.1. The smallest absolute Gasteiger partial charge is 0.408 e. The van der Waals surface area contributed by atoms with Crippen LogP contribution in [-0.2, 0) is 33.5 Å². The number of amides is 2. The fourth-order valence-electron chi connectivity index (χ4n) is 6.50. The van der Waals surface area contributed by atoms with Crippen LogP contribution in [0.1, 0.15) is 48.6 Å². The predicted octanol–water partition coefficient (Wildman–Crippen LogP) is 3.19. The van der Waals surface area contributed by atoms with Gasteiger partial charge in [0.25, 0.3) is 0 Å². The minimum Gasteiger partial charge on any atom is -0.492 e. The number of rotatable bonds is 16. The highest BCUT2D eigenvalue weighted by molar-refractivity contribution is 5.80. The van der Waals surface area contributed by atoms with Gasteiger partial charge in [0, 0.05) is 32.0 Å². The Bertz CT molecular complexity index is 1510. The van der Waals surface area contributed by atoms with Gasteiger partial charge in [-0.1, -0.05) is 66.7 Å². The molecule has 2 amide bonds. The first-order valence-electron chi connectivity index (χ1n) is 17.5. The number of hydrogen-bond acceptors (Lipinski definition) is 9. The average Bonchev–Trinajstić information content (AvgIpc) is 3.43. The molecular weight excluding hydrogens is 638 g/mol. The summed E-state index contributed by atoms with van der Waals surface area (Å²) < 4.78 is 16.8. The predicted molar refractivity (Wildman–Crippen MR) is 189 cm³/mol. The number of carbonyl (C=O) groups is 2. The molecule has 11 nitrogen and oxygen atoms in total. The van der Waals surface area contributed by atoms with Crippen LogP contribution < -0.4 is 15.4 Å². The minimum absolute atomic E-state index is 0.0231. The molecule has 1 heterocycles. The Hall–Kier alpha value is -4.00. The highest BCUT2D eigenvalue weighted by Gasteiger charge is 2.35. The molecule has 3 aromatic carbocycles. The lowest BCUT2D eigenvalue weighted by Crippen LogP contribution is -2.49. The van der Waals surface area contributed by atoms with E-state index in [1.54, 1.807) is 13.8 Å². The number of alkyl carbamates (subject to hydrolysis) is 1. The average molecular weight is 690 g/mol. The molecular formula is C39H51N3O8. The van der Waals surface area contributed by atoms with Crippen molar-refractivity contribution in [2.75, 3.05) is 46.1 Å². The molecule has 0 radical (unpaired) electrons. The summed E-state index contributed by atoms with van der Waals surface area (Å²) in [5.41, 5.74) is 2.51. The number of benzene rings is 3. The van der Waals surface area contributed by atoms with E-state index in [4.69, 9.17) is 14.2 Å². The van der Waals surface area contributed by atoms with E-state index in [0.29, 0.717) is 19.4 Å².